The lowest BCUT2D eigenvalue weighted by Gasteiger charge is -2.18. The molecule has 0 saturated carbocycles. The van der Waals surface area contributed by atoms with E-state index in [0.717, 1.165) is 16.9 Å². The van der Waals surface area contributed by atoms with Crippen LogP contribution in [0.2, 0.25) is 0 Å². The Morgan fingerprint density at radius 3 is 2.54 bits per heavy atom. The number of nitrogens with zero attached hydrogens (tertiary/aromatic N) is 1. The van der Waals surface area contributed by atoms with Gasteiger partial charge < -0.3 is 20.6 Å². The summed E-state index contributed by atoms with van der Waals surface area (Å²) in [6, 6.07) is 8.86. The Hall–Kier alpha value is -2.65. The number of nitrogens with one attached hydrogen (secondary N) is 2. The maximum absolute atomic E-state index is 12.2. The summed E-state index contributed by atoms with van der Waals surface area (Å²) in [4.78, 5) is 27.6. The monoisotopic (exact) mass is 378 g/mol. The van der Waals surface area contributed by atoms with Gasteiger partial charge in [0.15, 0.2) is 10.7 Å². The summed E-state index contributed by atoms with van der Waals surface area (Å²) in [6.45, 7) is 4.14. The van der Waals surface area contributed by atoms with Gasteiger partial charge in [-0.2, -0.15) is 0 Å². The first kappa shape index (κ1) is 19.7. The molecule has 1 aromatic heterocycles. The third-order valence-corrected chi connectivity index (χ3v) is 4.64. The Kier molecular flexibility index (Phi) is 6.93. The van der Waals surface area contributed by atoms with Crippen molar-refractivity contribution < 1.29 is 19.4 Å². The summed E-state index contributed by atoms with van der Waals surface area (Å²) < 4.78 is 5.24. The summed E-state index contributed by atoms with van der Waals surface area (Å²) >= 11 is 0.975. The van der Waals surface area contributed by atoms with Gasteiger partial charge in [0, 0.05) is 0 Å². The minimum Gasteiger partial charge on any atom is -0.477 e. The number of anilines is 1. The molecule has 0 aliphatic carbocycles. The Balaban J connectivity index is 2.09. The van der Waals surface area contributed by atoms with Crippen molar-refractivity contribution in [1.29, 1.82) is 0 Å². The average molecular weight is 378 g/mol. The summed E-state index contributed by atoms with van der Waals surface area (Å²) in [7, 11) is 0. The first-order valence-electron chi connectivity index (χ1n) is 8.08. The number of rotatable bonds is 8. The molecule has 0 saturated heterocycles. The molecular weight excluding hydrogens is 356 g/mol. The molecule has 1 atom stereocenters. The van der Waals surface area contributed by atoms with Crippen molar-refractivity contribution in [1.82, 2.24) is 10.3 Å². The number of carbonyl (C=O) groups excluding carboxylic acids is 1. The molecule has 0 fully saturated rings. The van der Waals surface area contributed by atoms with Crippen molar-refractivity contribution >= 4 is 29.2 Å². The van der Waals surface area contributed by atoms with Crippen molar-refractivity contribution in [2.75, 3.05) is 5.43 Å². The second-order valence-corrected chi connectivity index (χ2v) is 7.10. The number of aromatic carboxylic acids is 1. The van der Waals surface area contributed by atoms with Gasteiger partial charge in [-0.15, -0.1) is 11.3 Å². The van der Waals surface area contributed by atoms with Gasteiger partial charge in [-0.3, -0.25) is 0 Å². The van der Waals surface area contributed by atoms with Gasteiger partial charge in [-0.1, -0.05) is 44.2 Å². The number of carboxylic acids is 1. The summed E-state index contributed by atoms with van der Waals surface area (Å²) in [5.41, 5.74) is 3.16. The fraction of sp³-hybridized carbons (Fsp3) is 0.353. The standard InChI is InChI=1S/C17H22N4O4S/c1-10(2)8-12(15-20-14(21-18)13(26-15)16(22)23)19-17(24)25-9-11-6-4-3-5-7-11/h3-7,10,12,21H,8-9,18H2,1-2H3,(H,19,24)(H,22,23)/t12-/m0/s1. The van der Waals surface area contributed by atoms with E-state index in [2.05, 4.69) is 15.7 Å². The molecule has 0 unspecified atom stereocenters. The molecule has 1 aromatic carbocycles. The summed E-state index contributed by atoms with van der Waals surface area (Å²) in [5, 5.41) is 12.5. The zero-order chi connectivity index (χ0) is 19.1. The fourth-order valence-electron chi connectivity index (χ4n) is 2.33. The lowest BCUT2D eigenvalue weighted by Crippen LogP contribution is -2.30. The molecule has 9 heteroatoms. The minimum atomic E-state index is -1.13. The number of carbonyl (C=O) groups is 2. The number of hydrazine groups is 1. The molecule has 0 radical (unpaired) electrons. The molecule has 5 N–H and O–H groups in total. The number of nitrogens with two attached hydrogens (primary N) is 1. The van der Waals surface area contributed by atoms with E-state index in [1.54, 1.807) is 0 Å². The molecule has 140 valence electrons. The van der Waals surface area contributed by atoms with E-state index in [0.29, 0.717) is 11.4 Å². The highest BCUT2D eigenvalue weighted by Crippen LogP contribution is 2.30. The Morgan fingerprint density at radius 2 is 2.00 bits per heavy atom. The van der Waals surface area contributed by atoms with Crippen LogP contribution in [0.15, 0.2) is 30.3 Å². The van der Waals surface area contributed by atoms with E-state index in [9.17, 15) is 14.7 Å². The van der Waals surface area contributed by atoms with Crippen LogP contribution in [0.4, 0.5) is 10.6 Å². The highest BCUT2D eigenvalue weighted by molar-refractivity contribution is 7.14. The topological polar surface area (TPSA) is 127 Å². The maximum atomic E-state index is 12.2. The second kappa shape index (κ2) is 9.16. The maximum Gasteiger partial charge on any atom is 0.408 e. The molecule has 1 amide bonds. The zero-order valence-corrected chi connectivity index (χ0v) is 15.4. The number of aromatic nitrogens is 1. The number of alkyl carbamates (subject to hydrolysis) is 1. The molecule has 8 nitrogen and oxygen atoms in total. The van der Waals surface area contributed by atoms with E-state index in [4.69, 9.17) is 10.6 Å². The van der Waals surface area contributed by atoms with Crippen LogP contribution in [0.1, 0.15) is 46.6 Å². The number of ether oxygens (including phenoxy) is 1. The van der Waals surface area contributed by atoms with E-state index < -0.39 is 18.1 Å². The van der Waals surface area contributed by atoms with Crippen LogP contribution >= 0.6 is 11.3 Å². The molecule has 0 aliphatic rings. The van der Waals surface area contributed by atoms with E-state index >= 15 is 0 Å². The summed E-state index contributed by atoms with van der Waals surface area (Å²) in [6.07, 6.45) is -0.00866. The molecule has 0 spiro atoms. The number of amides is 1. The van der Waals surface area contributed by atoms with Crippen LogP contribution in [0.25, 0.3) is 0 Å². The number of hydrogen-bond donors (Lipinski definition) is 4. The number of benzene rings is 1. The molecule has 0 bridgehead atoms. The minimum absolute atomic E-state index is 0.00397. The lowest BCUT2D eigenvalue weighted by atomic mass is 10.0. The van der Waals surface area contributed by atoms with Crippen LogP contribution in [-0.2, 0) is 11.3 Å². The molecule has 2 rings (SSSR count). The van der Waals surface area contributed by atoms with Crippen LogP contribution in [0.3, 0.4) is 0 Å². The highest BCUT2D eigenvalue weighted by Gasteiger charge is 2.25. The van der Waals surface area contributed by atoms with Crippen molar-refractivity contribution in [2.45, 2.75) is 32.9 Å². The third kappa shape index (κ3) is 5.43. The first-order chi connectivity index (χ1) is 12.4. The summed E-state index contributed by atoms with van der Waals surface area (Å²) in [5.74, 6) is 4.53. The normalized spacial score (nSPS) is 11.8. The Bertz CT molecular complexity index is 748. The van der Waals surface area contributed by atoms with Crippen molar-refractivity contribution in [2.24, 2.45) is 11.8 Å². The zero-order valence-electron chi connectivity index (χ0n) is 14.6. The highest BCUT2D eigenvalue weighted by atomic mass is 32.1. The van der Waals surface area contributed by atoms with E-state index in [1.165, 1.54) is 0 Å². The number of carboxylic acid groups (broad SMARTS) is 1. The molecule has 1 heterocycles. The quantitative estimate of drug-likeness (QED) is 0.410. The van der Waals surface area contributed by atoms with Gasteiger partial charge >= 0.3 is 12.1 Å². The van der Waals surface area contributed by atoms with Gasteiger partial charge in [-0.05, 0) is 17.9 Å². The van der Waals surface area contributed by atoms with Gasteiger partial charge in [0.05, 0.1) is 6.04 Å². The van der Waals surface area contributed by atoms with Crippen molar-refractivity contribution in [3.8, 4) is 0 Å². The third-order valence-electron chi connectivity index (χ3n) is 3.48. The van der Waals surface area contributed by atoms with Gasteiger partial charge in [0.1, 0.15) is 11.6 Å². The van der Waals surface area contributed by atoms with Crippen LogP contribution in [0, 0.1) is 5.92 Å². The van der Waals surface area contributed by atoms with Crippen LogP contribution in [0.5, 0.6) is 0 Å². The fourth-order valence-corrected chi connectivity index (χ4v) is 3.26. The smallest absolute Gasteiger partial charge is 0.408 e. The number of thiazole rings is 1. The largest absolute Gasteiger partial charge is 0.477 e. The van der Waals surface area contributed by atoms with Crippen LogP contribution in [-0.4, -0.2) is 22.2 Å². The Morgan fingerprint density at radius 1 is 1.31 bits per heavy atom. The molecular formula is C17H22N4O4S. The van der Waals surface area contributed by atoms with E-state index in [1.807, 2.05) is 44.2 Å². The molecule has 0 aliphatic heterocycles. The predicted octanol–water partition coefficient (Wildman–Crippen LogP) is 3.14. The Labute approximate surface area is 155 Å². The van der Waals surface area contributed by atoms with Crippen molar-refractivity contribution in [3.63, 3.8) is 0 Å². The van der Waals surface area contributed by atoms with Gasteiger partial charge in [0.2, 0.25) is 0 Å². The molecule has 26 heavy (non-hydrogen) atoms. The lowest BCUT2D eigenvalue weighted by molar-refractivity contribution is 0.0702. The predicted molar refractivity (Wildman–Crippen MR) is 98.8 cm³/mol. The number of hydrogen-bond acceptors (Lipinski definition) is 7. The first-order valence-corrected chi connectivity index (χ1v) is 8.90. The van der Waals surface area contributed by atoms with Gasteiger partial charge in [-0.25, -0.2) is 20.4 Å². The average Bonchev–Trinajstić information content (AvgIpc) is 3.04. The van der Waals surface area contributed by atoms with Crippen LogP contribution < -0.4 is 16.6 Å². The SMILES string of the molecule is CC(C)C[C@H](NC(=O)OCc1ccccc1)c1nc(NN)c(C(=O)O)s1. The van der Waals surface area contributed by atoms with Crippen molar-refractivity contribution in [3.05, 3.63) is 45.8 Å². The molecule has 2 aromatic rings. The number of nitrogen functional groups attached to an aromatic ring is 1. The van der Waals surface area contributed by atoms with E-state index in [-0.39, 0.29) is 23.2 Å². The van der Waals surface area contributed by atoms with Gasteiger partial charge in [0.25, 0.3) is 0 Å². The second-order valence-electron chi connectivity index (χ2n) is 6.07.